The number of hydrogen-bond donors (Lipinski definition) is 1. The average Bonchev–Trinajstić information content (AvgIpc) is 3.64. The lowest BCUT2D eigenvalue weighted by molar-refractivity contribution is -0.125. The highest BCUT2D eigenvalue weighted by Crippen LogP contribution is 2.39. The Morgan fingerprint density at radius 2 is 2.04 bits per heavy atom. The van der Waals surface area contributed by atoms with Crippen LogP contribution in [0.2, 0.25) is 0 Å². The predicted octanol–water partition coefficient (Wildman–Crippen LogP) is 7.60. The summed E-state index contributed by atoms with van der Waals surface area (Å²) in [7, 11) is 1.71. The minimum Gasteiger partial charge on any atom is -0.346 e. The van der Waals surface area contributed by atoms with Crippen molar-refractivity contribution in [3.63, 3.8) is 0 Å². The minimum atomic E-state index is -4.28. The molecule has 47 heavy (non-hydrogen) atoms. The highest BCUT2D eigenvalue weighted by Gasteiger charge is 2.37. The molecule has 0 bridgehead atoms. The summed E-state index contributed by atoms with van der Waals surface area (Å²) in [6.07, 6.45) is 7.99. The number of aliphatic imine (C=N–C) groups is 2. The van der Waals surface area contributed by atoms with E-state index < -0.39 is 18.8 Å². The van der Waals surface area contributed by atoms with E-state index in [-0.39, 0.29) is 29.7 Å². The quantitative estimate of drug-likeness (QED) is 0.167. The second-order valence-electron chi connectivity index (χ2n) is 13.3. The molecule has 4 atom stereocenters. The Bertz CT molecular complexity index is 1470. The topological polar surface area (TPSA) is 66.3 Å². The van der Waals surface area contributed by atoms with Crippen LogP contribution in [-0.4, -0.2) is 74.5 Å². The maximum Gasteiger partial charge on any atom is 0.392 e. The molecule has 1 saturated heterocycles. The van der Waals surface area contributed by atoms with Gasteiger partial charge in [-0.15, -0.1) is 5.73 Å². The molecule has 254 valence electrons. The lowest BCUT2D eigenvalue weighted by atomic mass is 9.77. The Balaban J connectivity index is 1.35. The zero-order valence-electron chi connectivity index (χ0n) is 28.4. The Morgan fingerprint density at radius 3 is 2.74 bits per heavy atom. The first-order chi connectivity index (χ1) is 22.4. The SMILES string of the molecule is CCC1(CCC(C)Cc2ccccc2)CCN(CC(C=NC)NC(=O)C2=NC(C3=CC(C(C)=CCC(F)(F)F)=C=C(C)C=C3)OC2)C1. The van der Waals surface area contributed by atoms with E-state index in [1.54, 1.807) is 26.3 Å². The van der Waals surface area contributed by atoms with Crippen LogP contribution in [0.4, 0.5) is 13.2 Å². The van der Waals surface area contributed by atoms with Crippen molar-refractivity contribution in [2.75, 3.05) is 33.3 Å². The number of nitrogens with one attached hydrogen (secondary N) is 1. The smallest absolute Gasteiger partial charge is 0.346 e. The fourth-order valence-electron chi connectivity index (χ4n) is 6.50. The van der Waals surface area contributed by atoms with E-state index >= 15 is 0 Å². The zero-order valence-corrected chi connectivity index (χ0v) is 28.4. The first kappa shape index (κ1) is 36.3. The third-order valence-electron chi connectivity index (χ3n) is 9.39. The molecule has 0 saturated carbocycles. The normalized spacial score (nSPS) is 23.7. The van der Waals surface area contributed by atoms with Gasteiger partial charge in [0.2, 0.25) is 0 Å². The van der Waals surface area contributed by atoms with Crippen molar-refractivity contribution in [3.05, 3.63) is 88.2 Å². The van der Waals surface area contributed by atoms with Crippen molar-refractivity contribution in [3.8, 4) is 0 Å². The van der Waals surface area contributed by atoms with Gasteiger partial charge in [0.1, 0.15) is 5.71 Å². The van der Waals surface area contributed by atoms with Crippen LogP contribution < -0.4 is 5.32 Å². The minimum absolute atomic E-state index is 0.0375. The molecule has 4 unspecified atom stereocenters. The van der Waals surface area contributed by atoms with Crippen LogP contribution in [0.15, 0.2) is 92.6 Å². The van der Waals surface area contributed by atoms with Gasteiger partial charge in [-0.1, -0.05) is 62.4 Å². The molecule has 1 N–H and O–H groups in total. The number of amides is 1. The first-order valence-electron chi connectivity index (χ1n) is 16.7. The maximum absolute atomic E-state index is 13.3. The molecule has 2 aliphatic heterocycles. The summed E-state index contributed by atoms with van der Waals surface area (Å²) in [5.41, 5.74) is 7.49. The first-order valence-corrected chi connectivity index (χ1v) is 16.7. The van der Waals surface area contributed by atoms with Gasteiger partial charge in [0.15, 0.2) is 6.23 Å². The van der Waals surface area contributed by atoms with Crippen molar-refractivity contribution in [1.82, 2.24) is 10.2 Å². The Kier molecular flexibility index (Phi) is 12.8. The number of carbonyl (C=O) groups is 1. The monoisotopic (exact) mass is 650 g/mol. The van der Waals surface area contributed by atoms with Gasteiger partial charge in [0, 0.05) is 37.5 Å². The Labute approximate surface area is 278 Å². The molecular formula is C38H49F3N4O2. The zero-order chi connectivity index (χ0) is 34.0. The lowest BCUT2D eigenvalue weighted by Crippen LogP contribution is -2.47. The molecule has 1 aliphatic carbocycles. The third kappa shape index (κ3) is 11.0. The Morgan fingerprint density at radius 1 is 1.28 bits per heavy atom. The van der Waals surface area contributed by atoms with E-state index in [1.807, 2.05) is 19.1 Å². The molecule has 1 aromatic rings. The van der Waals surface area contributed by atoms with Crippen LogP contribution in [0.3, 0.4) is 0 Å². The Hall–Kier alpha value is -3.52. The number of carbonyl (C=O) groups excluding carboxylic acids is 1. The summed E-state index contributed by atoms with van der Waals surface area (Å²) in [5.74, 6) is 0.312. The van der Waals surface area contributed by atoms with Crippen molar-refractivity contribution in [2.24, 2.45) is 21.3 Å². The molecule has 3 aliphatic rings. The summed E-state index contributed by atoms with van der Waals surface area (Å²) in [6, 6.07) is 10.4. The summed E-state index contributed by atoms with van der Waals surface area (Å²) < 4.78 is 44.3. The van der Waals surface area contributed by atoms with E-state index in [1.165, 1.54) is 18.4 Å². The van der Waals surface area contributed by atoms with Crippen molar-refractivity contribution < 1.29 is 22.7 Å². The summed E-state index contributed by atoms with van der Waals surface area (Å²) >= 11 is 0. The van der Waals surface area contributed by atoms with E-state index in [9.17, 15) is 18.0 Å². The van der Waals surface area contributed by atoms with E-state index in [0.717, 1.165) is 44.0 Å². The standard InChI is InChI=1S/C38H49F3N4O2/c1-6-37(16-14-28(3)20-30-10-8-7-9-11-30)18-19-45(26-37)24-33(23-42-5)43-35(46)34-25-47-36(44-34)31-13-12-27(2)21-32(22-31)29(4)15-17-38(39,40)41/h7-13,15,22-23,28,33,36H,6,14,16-20,24-26H2,1-5H3,(H,43,46). The molecule has 1 aromatic carbocycles. The predicted molar refractivity (Wildman–Crippen MR) is 184 cm³/mol. The molecule has 6 nitrogen and oxygen atoms in total. The van der Waals surface area contributed by atoms with Crippen LogP contribution in [0.1, 0.15) is 65.4 Å². The number of alkyl halides is 3. The van der Waals surface area contributed by atoms with Gasteiger partial charge in [-0.05, 0) is 86.6 Å². The maximum atomic E-state index is 13.3. The molecular weight excluding hydrogens is 601 g/mol. The number of nitrogens with zero attached hydrogens (tertiary/aromatic N) is 3. The number of benzene rings is 1. The van der Waals surface area contributed by atoms with Gasteiger partial charge in [-0.3, -0.25) is 9.79 Å². The number of halogens is 3. The van der Waals surface area contributed by atoms with Crippen LogP contribution in [-0.2, 0) is 16.0 Å². The highest BCUT2D eigenvalue weighted by atomic mass is 19.4. The van der Waals surface area contributed by atoms with Crippen LogP contribution >= 0.6 is 0 Å². The summed E-state index contributed by atoms with van der Waals surface area (Å²) in [4.78, 5) is 24.6. The summed E-state index contributed by atoms with van der Waals surface area (Å²) in [6.45, 7) is 10.8. The molecule has 4 rings (SSSR count). The summed E-state index contributed by atoms with van der Waals surface area (Å²) in [5, 5.41) is 3.09. The van der Waals surface area contributed by atoms with Crippen LogP contribution in [0.25, 0.3) is 0 Å². The van der Waals surface area contributed by atoms with Gasteiger partial charge < -0.3 is 15.0 Å². The van der Waals surface area contributed by atoms with Crippen LogP contribution in [0.5, 0.6) is 0 Å². The lowest BCUT2D eigenvalue weighted by Gasteiger charge is -2.30. The number of likely N-dealkylation sites (tertiary alicyclic amines) is 1. The second kappa shape index (κ2) is 16.5. The number of rotatable bonds is 14. The van der Waals surface area contributed by atoms with Gasteiger partial charge in [0.25, 0.3) is 5.91 Å². The molecule has 2 heterocycles. The molecule has 1 amide bonds. The van der Waals surface area contributed by atoms with Crippen molar-refractivity contribution in [1.29, 1.82) is 0 Å². The second-order valence-corrected chi connectivity index (χ2v) is 13.3. The van der Waals surface area contributed by atoms with Crippen LogP contribution in [0, 0.1) is 11.3 Å². The van der Waals surface area contributed by atoms with E-state index in [4.69, 9.17) is 4.74 Å². The number of hydrogen-bond acceptors (Lipinski definition) is 5. The van der Waals surface area contributed by atoms with Gasteiger partial charge in [0.05, 0.1) is 19.1 Å². The molecule has 9 heteroatoms. The van der Waals surface area contributed by atoms with E-state index in [0.29, 0.717) is 29.2 Å². The molecule has 0 radical (unpaired) electrons. The fourth-order valence-corrected chi connectivity index (χ4v) is 6.50. The number of allylic oxidation sites excluding steroid dienone is 5. The van der Waals surface area contributed by atoms with Gasteiger partial charge in [-0.2, -0.15) is 13.2 Å². The molecule has 0 aromatic heterocycles. The molecule has 0 spiro atoms. The number of ether oxygens (including phenoxy) is 1. The van der Waals surface area contributed by atoms with Crippen molar-refractivity contribution in [2.45, 2.75) is 84.7 Å². The third-order valence-corrected chi connectivity index (χ3v) is 9.39. The highest BCUT2D eigenvalue weighted by molar-refractivity contribution is 6.40. The average molecular weight is 651 g/mol. The molecule has 1 fully saturated rings. The van der Waals surface area contributed by atoms with Gasteiger partial charge in [-0.25, -0.2) is 4.99 Å². The largest absolute Gasteiger partial charge is 0.392 e. The van der Waals surface area contributed by atoms with Crippen molar-refractivity contribution >= 4 is 17.8 Å². The van der Waals surface area contributed by atoms with E-state index in [2.05, 4.69) is 70.1 Å². The fraction of sp³-hybridized carbons (Fsp3) is 0.526. The van der Waals surface area contributed by atoms with Gasteiger partial charge >= 0.3 is 6.18 Å².